The molecular formula is C17H15ClN2O3S. The molecule has 0 bridgehead atoms. The Morgan fingerprint density at radius 2 is 2.17 bits per heavy atom. The Kier molecular flexibility index (Phi) is 5.27. The number of rotatable bonds is 6. The van der Waals surface area contributed by atoms with Crippen LogP contribution >= 0.6 is 23.4 Å². The molecule has 0 fully saturated rings. The zero-order valence-electron chi connectivity index (χ0n) is 12.9. The molecule has 3 rings (SSSR count). The van der Waals surface area contributed by atoms with E-state index in [1.807, 2.05) is 24.3 Å². The van der Waals surface area contributed by atoms with Gasteiger partial charge in [0.1, 0.15) is 11.3 Å². The van der Waals surface area contributed by atoms with E-state index in [2.05, 4.69) is 10.3 Å². The van der Waals surface area contributed by atoms with Crippen molar-refractivity contribution < 1.29 is 13.9 Å². The van der Waals surface area contributed by atoms with Crippen molar-refractivity contribution in [3.63, 3.8) is 0 Å². The van der Waals surface area contributed by atoms with E-state index in [9.17, 15) is 4.79 Å². The lowest BCUT2D eigenvalue weighted by atomic mass is 10.2. The Balaban J connectivity index is 1.55. The molecule has 5 nitrogen and oxygen atoms in total. The summed E-state index contributed by atoms with van der Waals surface area (Å²) < 4.78 is 10.8. The molecule has 0 aliphatic carbocycles. The van der Waals surface area contributed by atoms with E-state index >= 15 is 0 Å². The number of para-hydroxylation sites is 1. The first kappa shape index (κ1) is 16.7. The number of benzene rings is 2. The van der Waals surface area contributed by atoms with Crippen LogP contribution in [0.2, 0.25) is 5.02 Å². The van der Waals surface area contributed by atoms with Gasteiger partial charge in [-0.05, 0) is 24.3 Å². The molecule has 0 spiro atoms. The summed E-state index contributed by atoms with van der Waals surface area (Å²) in [6.45, 7) is 0.409. The van der Waals surface area contributed by atoms with E-state index in [1.54, 1.807) is 25.3 Å². The molecular weight excluding hydrogens is 348 g/mol. The summed E-state index contributed by atoms with van der Waals surface area (Å²) in [4.78, 5) is 16.3. The van der Waals surface area contributed by atoms with E-state index in [1.165, 1.54) is 11.8 Å². The first-order valence-electron chi connectivity index (χ1n) is 7.23. The minimum Gasteiger partial charge on any atom is -0.496 e. The Morgan fingerprint density at radius 1 is 1.33 bits per heavy atom. The average molecular weight is 363 g/mol. The Labute approximate surface area is 148 Å². The molecule has 7 heteroatoms. The predicted octanol–water partition coefficient (Wildman–Crippen LogP) is 3.90. The van der Waals surface area contributed by atoms with Gasteiger partial charge >= 0.3 is 0 Å². The zero-order valence-corrected chi connectivity index (χ0v) is 14.5. The Bertz CT molecular complexity index is 866. The van der Waals surface area contributed by atoms with Gasteiger partial charge in [0.2, 0.25) is 5.91 Å². The number of halogens is 1. The van der Waals surface area contributed by atoms with Gasteiger partial charge in [-0.25, -0.2) is 4.98 Å². The lowest BCUT2D eigenvalue weighted by Gasteiger charge is -2.08. The number of amides is 1. The highest BCUT2D eigenvalue weighted by Gasteiger charge is 2.10. The molecule has 1 heterocycles. The van der Waals surface area contributed by atoms with Crippen LogP contribution in [0.15, 0.2) is 52.1 Å². The Hall–Kier alpha value is -2.18. The molecule has 0 saturated heterocycles. The van der Waals surface area contributed by atoms with Gasteiger partial charge in [0.25, 0.3) is 5.22 Å². The van der Waals surface area contributed by atoms with Crippen LogP contribution in [-0.4, -0.2) is 23.8 Å². The molecule has 124 valence electrons. The van der Waals surface area contributed by atoms with Crippen LogP contribution < -0.4 is 10.1 Å². The highest BCUT2D eigenvalue weighted by atomic mass is 35.5. The number of nitrogens with one attached hydrogen (secondary N) is 1. The van der Waals surface area contributed by atoms with Gasteiger partial charge in [-0.3, -0.25) is 4.79 Å². The molecule has 0 aliphatic heterocycles. The topological polar surface area (TPSA) is 64.4 Å². The summed E-state index contributed by atoms with van der Waals surface area (Å²) in [5.74, 6) is 0.864. The van der Waals surface area contributed by atoms with Crippen LogP contribution in [0, 0.1) is 0 Å². The first-order valence-corrected chi connectivity index (χ1v) is 8.59. The minimum atomic E-state index is -0.105. The van der Waals surface area contributed by atoms with Gasteiger partial charge < -0.3 is 14.5 Å². The van der Waals surface area contributed by atoms with Crippen molar-refractivity contribution in [2.24, 2.45) is 0 Å². The van der Waals surface area contributed by atoms with Crippen LogP contribution in [0.4, 0.5) is 0 Å². The van der Waals surface area contributed by atoms with E-state index in [0.29, 0.717) is 27.9 Å². The third-order valence-corrected chi connectivity index (χ3v) is 4.39. The zero-order chi connectivity index (χ0) is 16.9. The minimum absolute atomic E-state index is 0.105. The summed E-state index contributed by atoms with van der Waals surface area (Å²) >= 11 is 7.16. The number of thioether (sulfide) groups is 1. The normalized spacial score (nSPS) is 10.8. The molecule has 1 N–H and O–H groups in total. The third kappa shape index (κ3) is 4.01. The molecule has 3 aromatic rings. The first-order chi connectivity index (χ1) is 11.7. The highest BCUT2D eigenvalue weighted by molar-refractivity contribution is 7.99. The molecule has 0 unspecified atom stereocenters. The summed E-state index contributed by atoms with van der Waals surface area (Å²) in [5, 5.41) is 3.90. The second kappa shape index (κ2) is 7.59. The molecule has 1 aromatic heterocycles. The number of aromatic nitrogens is 1. The summed E-state index contributed by atoms with van der Waals surface area (Å²) in [6, 6.07) is 12.8. The van der Waals surface area contributed by atoms with Gasteiger partial charge in [0.15, 0.2) is 5.58 Å². The number of carbonyl (C=O) groups is 1. The average Bonchev–Trinajstić information content (AvgIpc) is 3.00. The van der Waals surface area contributed by atoms with Crippen molar-refractivity contribution in [2.75, 3.05) is 12.9 Å². The summed E-state index contributed by atoms with van der Waals surface area (Å²) in [5.41, 5.74) is 2.26. The number of hydrogen-bond acceptors (Lipinski definition) is 5. The maximum absolute atomic E-state index is 12.0. The van der Waals surface area contributed by atoms with Crippen LogP contribution in [-0.2, 0) is 11.3 Å². The highest BCUT2D eigenvalue weighted by Crippen LogP contribution is 2.25. The molecule has 0 radical (unpaired) electrons. The van der Waals surface area contributed by atoms with Crippen LogP contribution in [0.1, 0.15) is 5.56 Å². The van der Waals surface area contributed by atoms with Gasteiger partial charge in [-0.2, -0.15) is 0 Å². The van der Waals surface area contributed by atoms with Crippen LogP contribution in [0.25, 0.3) is 11.1 Å². The maximum atomic E-state index is 12.0. The van der Waals surface area contributed by atoms with E-state index in [0.717, 1.165) is 11.3 Å². The van der Waals surface area contributed by atoms with Crippen molar-refractivity contribution in [1.82, 2.24) is 10.3 Å². The fraction of sp³-hybridized carbons (Fsp3) is 0.176. The summed E-state index contributed by atoms with van der Waals surface area (Å²) in [7, 11) is 1.61. The van der Waals surface area contributed by atoms with E-state index in [-0.39, 0.29) is 11.7 Å². The van der Waals surface area contributed by atoms with E-state index < -0.39 is 0 Å². The van der Waals surface area contributed by atoms with Crippen LogP contribution in [0.3, 0.4) is 0 Å². The van der Waals surface area contributed by atoms with E-state index in [4.69, 9.17) is 20.8 Å². The maximum Gasteiger partial charge on any atom is 0.257 e. The quantitative estimate of drug-likeness (QED) is 0.674. The third-order valence-electron chi connectivity index (χ3n) is 3.33. The number of oxazole rings is 1. The second-order valence-corrected chi connectivity index (χ2v) is 6.33. The van der Waals surface area contributed by atoms with Crippen LogP contribution in [0.5, 0.6) is 5.75 Å². The van der Waals surface area contributed by atoms with Crippen molar-refractivity contribution in [2.45, 2.75) is 11.8 Å². The molecule has 0 aliphatic rings. The van der Waals surface area contributed by atoms with Crippen molar-refractivity contribution in [3.05, 3.63) is 53.1 Å². The number of nitrogens with zero attached hydrogens (tertiary/aromatic N) is 1. The SMILES string of the molecule is COc1ccccc1CNC(=O)CSc1nc2cc(Cl)ccc2o1. The summed E-state index contributed by atoms with van der Waals surface area (Å²) in [6.07, 6.45) is 0. The van der Waals surface area contributed by atoms with Crippen molar-refractivity contribution in [3.8, 4) is 5.75 Å². The molecule has 24 heavy (non-hydrogen) atoms. The lowest BCUT2D eigenvalue weighted by Crippen LogP contribution is -2.24. The number of methoxy groups -OCH3 is 1. The van der Waals surface area contributed by atoms with Gasteiger partial charge in [0, 0.05) is 17.1 Å². The standard InChI is InChI=1S/C17H15ClN2O3S/c1-22-14-5-3-2-4-11(14)9-19-16(21)10-24-17-20-13-8-12(18)6-7-15(13)23-17/h2-8H,9-10H2,1H3,(H,19,21). The number of ether oxygens (including phenoxy) is 1. The molecule has 0 atom stereocenters. The fourth-order valence-corrected chi connectivity index (χ4v) is 3.00. The molecule has 0 saturated carbocycles. The largest absolute Gasteiger partial charge is 0.496 e. The van der Waals surface area contributed by atoms with Crippen molar-refractivity contribution >= 4 is 40.4 Å². The molecule has 2 aromatic carbocycles. The number of carbonyl (C=O) groups excluding carboxylic acids is 1. The Morgan fingerprint density at radius 3 is 3.00 bits per heavy atom. The fourth-order valence-electron chi connectivity index (χ4n) is 2.16. The van der Waals surface area contributed by atoms with Gasteiger partial charge in [0.05, 0.1) is 12.9 Å². The lowest BCUT2D eigenvalue weighted by molar-refractivity contribution is -0.118. The second-order valence-electron chi connectivity index (χ2n) is 4.97. The predicted molar refractivity (Wildman–Crippen MR) is 94.6 cm³/mol. The van der Waals surface area contributed by atoms with Crippen molar-refractivity contribution in [1.29, 1.82) is 0 Å². The van der Waals surface area contributed by atoms with Gasteiger partial charge in [-0.15, -0.1) is 0 Å². The molecule has 1 amide bonds. The number of fused-ring (bicyclic) bond motifs is 1. The smallest absolute Gasteiger partial charge is 0.257 e. The van der Waals surface area contributed by atoms with Gasteiger partial charge in [-0.1, -0.05) is 41.6 Å². The monoisotopic (exact) mass is 362 g/mol. The number of hydrogen-bond donors (Lipinski definition) is 1.